The highest BCUT2D eigenvalue weighted by Gasteiger charge is 2.06. The summed E-state index contributed by atoms with van der Waals surface area (Å²) < 4.78 is 0. The first-order chi connectivity index (χ1) is 8.24. The van der Waals surface area contributed by atoms with E-state index in [1.807, 2.05) is 0 Å². The molecule has 1 aromatic rings. The second kappa shape index (κ2) is 8.26. The normalized spacial score (nSPS) is 12.9. The first kappa shape index (κ1) is 14.2. The van der Waals surface area contributed by atoms with Crippen molar-refractivity contribution in [3.8, 4) is 0 Å². The number of rotatable bonds is 8. The zero-order chi connectivity index (χ0) is 12.5. The Bertz CT molecular complexity index is 282. The van der Waals surface area contributed by atoms with Gasteiger partial charge in [0.15, 0.2) is 0 Å². The summed E-state index contributed by atoms with van der Waals surface area (Å²) in [6, 6.07) is 11.2. The van der Waals surface area contributed by atoms with Crippen LogP contribution in [-0.2, 0) is 0 Å². The Morgan fingerprint density at radius 3 is 2.41 bits per heavy atom. The zero-order valence-corrected chi connectivity index (χ0v) is 11.4. The van der Waals surface area contributed by atoms with Gasteiger partial charge >= 0.3 is 0 Å². The monoisotopic (exact) mass is 234 g/mol. The average Bonchev–Trinajstić information content (AvgIpc) is 2.34. The Labute approximate surface area is 106 Å². The predicted octanol–water partition coefficient (Wildman–Crippen LogP) is 3.07. The van der Waals surface area contributed by atoms with Gasteiger partial charge in [0.05, 0.1) is 0 Å². The van der Waals surface area contributed by atoms with Crippen molar-refractivity contribution in [1.82, 2.24) is 10.2 Å². The molecule has 0 heterocycles. The number of unbranched alkanes of at least 4 members (excludes halogenated alkanes) is 1. The lowest BCUT2D eigenvalue weighted by molar-refractivity contribution is 0.387. The van der Waals surface area contributed by atoms with Gasteiger partial charge < -0.3 is 10.2 Å². The summed E-state index contributed by atoms with van der Waals surface area (Å²) in [7, 11) is 4.26. The lowest BCUT2D eigenvalue weighted by Gasteiger charge is -2.17. The molecule has 96 valence electrons. The van der Waals surface area contributed by atoms with Crippen LogP contribution < -0.4 is 5.32 Å². The quantitative estimate of drug-likeness (QED) is 0.695. The van der Waals surface area contributed by atoms with E-state index >= 15 is 0 Å². The molecule has 0 radical (unpaired) electrons. The van der Waals surface area contributed by atoms with Crippen molar-refractivity contribution in [2.45, 2.75) is 32.2 Å². The summed E-state index contributed by atoms with van der Waals surface area (Å²) in [5, 5.41) is 3.64. The van der Waals surface area contributed by atoms with Gasteiger partial charge in [0, 0.05) is 6.04 Å². The highest BCUT2D eigenvalue weighted by atomic mass is 15.0. The molecule has 2 nitrogen and oxygen atoms in total. The van der Waals surface area contributed by atoms with E-state index in [1.165, 1.54) is 24.9 Å². The summed E-state index contributed by atoms with van der Waals surface area (Å²) in [4.78, 5) is 2.24. The van der Waals surface area contributed by atoms with Crippen LogP contribution in [0.25, 0.3) is 0 Å². The van der Waals surface area contributed by atoms with E-state index in [1.54, 1.807) is 0 Å². The Kier molecular flexibility index (Phi) is 6.90. The maximum atomic E-state index is 3.64. The number of nitrogens with zero attached hydrogens (tertiary/aromatic N) is 1. The largest absolute Gasteiger partial charge is 0.310 e. The van der Waals surface area contributed by atoms with Crippen LogP contribution in [0.4, 0.5) is 0 Å². The van der Waals surface area contributed by atoms with Crippen molar-refractivity contribution in [2.75, 3.05) is 27.2 Å². The highest BCUT2D eigenvalue weighted by molar-refractivity contribution is 5.18. The van der Waals surface area contributed by atoms with Gasteiger partial charge in [0.1, 0.15) is 0 Å². The number of hydrogen-bond donors (Lipinski definition) is 1. The van der Waals surface area contributed by atoms with Crippen molar-refractivity contribution >= 4 is 0 Å². The fourth-order valence-electron chi connectivity index (χ4n) is 2.01. The molecule has 1 unspecified atom stereocenters. The predicted molar refractivity (Wildman–Crippen MR) is 75.3 cm³/mol. The summed E-state index contributed by atoms with van der Waals surface area (Å²) in [5.41, 5.74) is 1.41. The molecule has 0 aromatic heterocycles. The molecule has 2 heteroatoms. The highest BCUT2D eigenvalue weighted by Crippen LogP contribution is 2.15. The van der Waals surface area contributed by atoms with Crippen LogP contribution >= 0.6 is 0 Å². The first-order valence-electron chi connectivity index (χ1n) is 6.67. The van der Waals surface area contributed by atoms with Gasteiger partial charge in [-0.3, -0.25) is 0 Å². The summed E-state index contributed by atoms with van der Waals surface area (Å²) >= 11 is 0. The van der Waals surface area contributed by atoms with E-state index in [9.17, 15) is 0 Å². The molecule has 1 rings (SSSR count). The van der Waals surface area contributed by atoms with E-state index in [2.05, 4.69) is 61.6 Å². The smallest absolute Gasteiger partial charge is 0.0317 e. The van der Waals surface area contributed by atoms with Gasteiger partial charge in [-0.05, 0) is 52.0 Å². The van der Waals surface area contributed by atoms with E-state index in [4.69, 9.17) is 0 Å². The molecule has 1 aromatic carbocycles. The average molecular weight is 234 g/mol. The van der Waals surface area contributed by atoms with Crippen molar-refractivity contribution in [3.63, 3.8) is 0 Å². The maximum absolute atomic E-state index is 3.64. The first-order valence-corrected chi connectivity index (χ1v) is 6.67. The molecule has 1 N–H and O–H groups in total. The van der Waals surface area contributed by atoms with Gasteiger partial charge in [-0.25, -0.2) is 0 Å². The second-order valence-corrected chi connectivity index (χ2v) is 4.84. The van der Waals surface area contributed by atoms with Gasteiger partial charge in [0.25, 0.3) is 0 Å². The Balaban J connectivity index is 2.24. The van der Waals surface area contributed by atoms with Crippen molar-refractivity contribution in [3.05, 3.63) is 35.9 Å². The van der Waals surface area contributed by atoms with Crippen LogP contribution in [0.2, 0.25) is 0 Å². The molecule has 0 saturated heterocycles. The van der Waals surface area contributed by atoms with Crippen molar-refractivity contribution < 1.29 is 0 Å². The summed E-state index contributed by atoms with van der Waals surface area (Å²) in [6.07, 6.45) is 3.67. The molecular weight excluding hydrogens is 208 g/mol. The van der Waals surface area contributed by atoms with Crippen LogP contribution in [-0.4, -0.2) is 32.1 Å². The minimum absolute atomic E-state index is 0.510. The zero-order valence-electron chi connectivity index (χ0n) is 11.4. The third-order valence-corrected chi connectivity index (χ3v) is 3.03. The molecule has 0 bridgehead atoms. The minimum atomic E-state index is 0.510. The standard InChI is InChI=1S/C15H26N2/c1-4-15(14-10-6-5-7-11-14)16-12-8-9-13-17(2)3/h5-7,10-11,15-16H,4,8-9,12-13H2,1-3H3. The van der Waals surface area contributed by atoms with Gasteiger partial charge in [-0.15, -0.1) is 0 Å². The van der Waals surface area contributed by atoms with Crippen molar-refractivity contribution in [2.24, 2.45) is 0 Å². The number of nitrogens with one attached hydrogen (secondary N) is 1. The Morgan fingerprint density at radius 1 is 1.12 bits per heavy atom. The minimum Gasteiger partial charge on any atom is -0.310 e. The SMILES string of the molecule is CCC(NCCCCN(C)C)c1ccccc1. The topological polar surface area (TPSA) is 15.3 Å². The molecule has 0 saturated carbocycles. The van der Waals surface area contributed by atoms with E-state index in [0.717, 1.165) is 13.0 Å². The van der Waals surface area contributed by atoms with Gasteiger partial charge in [-0.2, -0.15) is 0 Å². The number of hydrogen-bond acceptors (Lipinski definition) is 2. The molecule has 0 spiro atoms. The van der Waals surface area contributed by atoms with Crippen LogP contribution in [0.5, 0.6) is 0 Å². The molecule has 17 heavy (non-hydrogen) atoms. The Hall–Kier alpha value is -0.860. The lowest BCUT2D eigenvalue weighted by atomic mass is 10.0. The molecular formula is C15H26N2. The summed E-state index contributed by atoms with van der Waals surface area (Å²) in [6.45, 7) is 4.54. The fourth-order valence-corrected chi connectivity index (χ4v) is 2.01. The maximum Gasteiger partial charge on any atom is 0.0317 e. The molecule has 0 aliphatic carbocycles. The van der Waals surface area contributed by atoms with Gasteiger partial charge in [-0.1, -0.05) is 37.3 Å². The third kappa shape index (κ3) is 5.85. The van der Waals surface area contributed by atoms with E-state index < -0.39 is 0 Å². The van der Waals surface area contributed by atoms with Gasteiger partial charge in [0.2, 0.25) is 0 Å². The molecule has 0 aliphatic heterocycles. The molecule has 1 atom stereocenters. The summed E-state index contributed by atoms with van der Waals surface area (Å²) in [5.74, 6) is 0. The van der Waals surface area contributed by atoms with E-state index in [0.29, 0.717) is 6.04 Å². The molecule has 0 amide bonds. The number of benzene rings is 1. The van der Waals surface area contributed by atoms with Crippen LogP contribution in [0, 0.1) is 0 Å². The lowest BCUT2D eigenvalue weighted by Crippen LogP contribution is -2.23. The van der Waals surface area contributed by atoms with E-state index in [-0.39, 0.29) is 0 Å². The van der Waals surface area contributed by atoms with Crippen molar-refractivity contribution in [1.29, 1.82) is 0 Å². The van der Waals surface area contributed by atoms with Crippen LogP contribution in [0.1, 0.15) is 37.8 Å². The van der Waals surface area contributed by atoms with Crippen LogP contribution in [0.15, 0.2) is 30.3 Å². The van der Waals surface area contributed by atoms with Crippen LogP contribution in [0.3, 0.4) is 0 Å². The second-order valence-electron chi connectivity index (χ2n) is 4.84. The molecule has 0 fully saturated rings. The fraction of sp³-hybridized carbons (Fsp3) is 0.600. The Morgan fingerprint density at radius 2 is 1.82 bits per heavy atom. The molecule has 0 aliphatic rings. The third-order valence-electron chi connectivity index (χ3n) is 3.03.